The number of esters is 2. The van der Waals surface area contributed by atoms with Gasteiger partial charge in [0, 0.05) is 13.8 Å². The number of carbonyl (C=O) groups excluding carboxylic acids is 2. The van der Waals surface area contributed by atoms with E-state index >= 15 is 0 Å². The van der Waals surface area contributed by atoms with E-state index in [0.717, 1.165) is 5.56 Å². The summed E-state index contributed by atoms with van der Waals surface area (Å²) in [5.41, 5.74) is 1.39. The first-order chi connectivity index (χ1) is 15.2. The summed E-state index contributed by atoms with van der Waals surface area (Å²) in [6, 6.07) is 5.28. The van der Waals surface area contributed by atoms with Crippen LogP contribution >= 0.6 is 0 Å². The van der Waals surface area contributed by atoms with Crippen LogP contribution in [0.3, 0.4) is 0 Å². The predicted octanol–water partition coefficient (Wildman–Crippen LogP) is 1.87. The lowest BCUT2D eigenvalue weighted by Gasteiger charge is -2.42. The van der Waals surface area contributed by atoms with Gasteiger partial charge < -0.3 is 34.0 Å². The van der Waals surface area contributed by atoms with Crippen molar-refractivity contribution in [2.75, 3.05) is 13.7 Å². The van der Waals surface area contributed by atoms with Crippen molar-refractivity contribution in [2.45, 2.75) is 82.8 Å². The van der Waals surface area contributed by atoms with E-state index in [1.807, 2.05) is 33.0 Å². The molecule has 1 heterocycles. The lowest BCUT2D eigenvalue weighted by molar-refractivity contribution is -0.242. The monoisotopic (exact) mass is 484 g/mol. The van der Waals surface area contributed by atoms with Gasteiger partial charge in [-0.05, 0) is 47.8 Å². The summed E-state index contributed by atoms with van der Waals surface area (Å²) in [7, 11) is -0.958. The zero-order chi connectivity index (χ0) is 25.1. The topological polar surface area (TPSA) is 132 Å². The van der Waals surface area contributed by atoms with Crippen molar-refractivity contribution in [2.24, 2.45) is 0 Å². The van der Waals surface area contributed by atoms with Gasteiger partial charge in [0.25, 0.3) is 0 Å². The quantitative estimate of drug-likeness (QED) is 0.374. The number of methoxy groups -OCH3 is 1. The van der Waals surface area contributed by atoms with Crippen molar-refractivity contribution in [3.63, 3.8) is 0 Å². The lowest BCUT2D eigenvalue weighted by Crippen LogP contribution is -2.57. The number of aliphatic hydroxyl groups is 2. The molecule has 186 valence electrons. The van der Waals surface area contributed by atoms with Gasteiger partial charge in [-0.15, -0.1) is 0 Å². The Balaban J connectivity index is 2.41. The van der Waals surface area contributed by atoms with E-state index in [0.29, 0.717) is 17.7 Å². The van der Waals surface area contributed by atoms with Crippen molar-refractivity contribution in [1.29, 1.82) is 0 Å². The predicted molar refractivity (Wildman–Crippen MR) is 122 cm³/mol. The molecule has 1 fully saturated rings. The van der Waals surface area contributed by atoms with Gasteiger partial charge in [-0.1, -0.05) is 19.9 Å². The summed E-state index contributed by atoms with van der Waals surface area (Å²) in [4.78, 5) is 33.6. The van der Waals surface area contributed by atoms with Gasteiger partial charge >= 0.3 is 11.9 Å². The molecule has 0 saturated carbocycles. The summed E-state index contributed by atoms with van der Waals surface area (Å²) in [5, 5.41) is 21.2. The number of rotatable bonds is 8. The van der Waals surface area contributed by atoms with Crippen molar-refractivity contribution >= 4 is 20.3 Å². The standard InChI is InChI=1S/C23H36O9Si/c1-13(24)30-12-18-22(31-14(2)25)20(27)19(26)21(32-18)15-8-9-17(29-5)16(10-15)11-23(3,4)33(6,7)28/h8-10,18-22,26-28H,11-12H2,1-7H3/t18-,19+,20-,21?,22-/m1/s1. The van der Waals surface area contributed by atoms with E-state index in [1.165, 1.54) is 13.8 Å². The minimum atomic E-state index is -2.52. The molecule has 0 spiro atoms. The fourth-order valence-electron chi connectivity index (χ4n) is 3.69. The van der Waals surface area contributed by atoms with Gasteiger partial charge in [-0.25, -0.2) is 0 Å². The highest BCUT2D eigenvalue weighted by Gasteiger charge is 2.47. The Bertz CT molecular complexity index is 849. The van der Waals surface area contributed by atoms with Crippen LogP contribution in [0.2, 0.25) is 18.1 Å². The van der Waals surface area contributed by atoms with Crippen molar-refractivity contribution in [3.05, 3.63) is 29.3 Å². The van der Waals surface area contributed by atoms with E-state index in [2.05, 4.69) is 0 Å². The number of hydrogen-bond donors (Lipinski definition) is 3. The zero-order valence-electron chi connectivity index (χ0n) is 20.3. The van der Waals surface area contributed by atoms with Gasteiger partial charge in [0.1, 0.15) is 36.8 Å². The summed E-state index contributed by atoms with van der Waals surface area (Å²) >= 11 is 0. The third-order valence-electron chi connectivity index (χ3n) is 6.36. The van der Waals surface area contributed by atoms with Crippen LogP contribution in [-0.4, -0.2) is 73.4 Å². The number of carbonyl (C=O) groups is 2. The first-order valence-electron chi connectivity index (χ1n) is 10.9. The molecule has 3 N–H and O–H groups in total. The van der Waals surface area contributed by atoms with Crippen LogP contribution in [0.25, 0.3) is 0 Å². The molecule has 1 aliphatic heterocycles. The van der Waals surface area contributed by atoms with E-state index < -0.39 is 50.8 Å². The molecule has 0 radical (unpaired) electrons. The summed E-state index contributed by atoms with van der Waals surface area (Å²) in [5.74, 6) is -0.585. The third kappa shape index (κ3) is 6.54. The molecule has 1 saturated heterocycles. The van der Waals surface area contributed by atoms with Crippen LogP contribution in [0.15, 0.2) is 18.2 Å². The van der Waals surface area contributed by atoms with Gasteiger partial charge in [-0.2, -0.15) is 0 Å². The molecule has 1 aromatic carbocycles. The molecule has 10 heteroatoms. The second kappa shape index (κ2) is 10.5. The molecule has 0 aromatic heterocycles. The SMILES string of the molecule is COc1ccc(C2O[C@H](COC(C)=O)[C@@H](OC(C)=O)[C@H](O)[C@@H]2O)cc1CC(C)(C)[Si](C)(C)O. The Kier molecular flexibility index (Phi) is 8.69. The summed E-state index contributed by atoms with van der Waals surface area (Å²) < 4.78 is 21.7. The van der Waals surface area contributed by atoms with Crippen LogP contribution in [0.1, 0.15) is 44.9 Å². The Morgan fingerprint density at radius 2 is 1.76 bits per heavy atom. The molecule has 9 nitrogen and oxygen atoms in total. The van der Waals surface area contributed by atoms with Gasteiger partial charge in [0.15, 0.2) is 14.4 Å². The average molecular weight is 485 g/mol. The van der Waals surface area contributed by atoms with E-state index in [-0.39, 0.29) is 11.6 Å². The van der Waals surface area contributed by atoms with Gasteiger partial charge in [0.2, 0.25) is 0 Å². The molecule has 5 atom stereocenters. The first kappa shape index (κ1) is 27.3. The molecule has 0 bridgehead atoms. The maximum atomic E-state index is 11.5. The Hall–Kier alpha value is -1.98. The lowest BCUT2D eigenvalue weighted by atomic mass is 9.89. The molecule has 1 aliphatic rings. The fourth-order valence-corrected chi connectivity index (χ4v) is 4.32. The molecule has 1 unspecified atom stereocenters. The second-order valence-electron chi connectivity index (χ2n) is 9.64. The molecular weight excluding hydrogens is 448 g/mol. The zero-order valence-corrected chi connectivity index (χ0v) is 21.3. The van der Waals surface area contributed by atoms with Crippen LogP contribution in [0, 0.1) is 0 Å². The van der Waals surface area contributed by atoms with Gasteiger partial charge in [0.05, 0.1) is 7.11 Å². The highest BCUT2D eigenvalue weighted by molar-refractivity contribution is 6.72. The minimum Gasteiger partial charge on any atom is -0.496 e. The van der Waals surface area contributed by atoms with E-state index in [1.54, 1.807) is 19.2 Å². The number of benzene rings is 1. The van der Waals surface area contributed by atoms with Crippen molar-refractivity contribution in [3.8, 4) is 5.75 Å². The molecule has 33 heavy (non-hydrogen) atoms. The Labute approximate surface area is 195 Å². The third-order valence-corrected chi connectivity index (χ3v) is 9.85. The number of aliphatic hydroxyl groups excluding tert-OH is 2. The molecule has 2 rings (SSSR count). The summed E-state index contributed by atoms with van der Waals surface area (Å²) in [6.45, 7) is 9.91. The van der Waals surface area contributed by atoms with Gasteiger partial charge in [-0.3, -0.25) is 9.59 Å². The molecule has 1 aromatic rings. The maximum absolute atomic E-state index is 11.5. The molecular formula is C23H36O9Si. The van der Waals surface area contributed by atoms with Crippen molar-refractivity contribution in [1.82, 2.24) is 0 Å². The van der Waals surface area contributed by atoms with E-state index in [9.17, 15) is 24.6 Å². The molecule has 0 amide bonds. The second-order valence-corrected chi connectivity index (χ2v) is 14.1. The smallest absolute Gasteiger partial charge is 0.303 e. The largest absolute Gasteiger partial charge is 0.496 e. The maximum Gasteiger partial charge on any atom is 0.303 e. The Morgan fingerprint density at radius 1 is 1.12 bits per heavy atom. The van der Waals surface area contributed by atoms with Crippen LogP contribution < -0.4 is 4.74 Å². The van der Waals surface area contributed by atoms with Crippen LogP contribution in [0.5, 0.6) is 5.75 Å². The highest BCUT2D eigenvalue weighted by atomic mass is 28.4. The summed E-state index contributed by atoms with van der Waals surface area (Å²) in [6.07, 6.45) is -5.49. The van der Waals surface area contributed by atoms with Crippen molar-refractivity contribution < 1.29 is 43.5 Å². The average Bonchev–Trinajstić information content (AvgIpc) is 2.69. The highest BCUT2D eigenvalue weighted by Crippen LogP contribution is 2.42. The number of ether oxygens (including phenoxy) is 4. The normalized spacial score (nSPS) is 25.9. The van der Waals surface area contributed by atoms with Crippen LogP contribution in [-0.2, 0) is 30.2 Å². The molecule has 0 aliphatic carbocycles. The fraction of sp³-hybridized carbons (Fsp3) is 0.652. The minimum absolute atomic E-state index is 0.256. The van der Waals surface area contributed by atoms with Crippen LogP contribution in [0.4, 0.5) is 0 Å². The van der Waals surface area contributed by atoms with E-state index in [4.69, 9.17) is 18.9 Å². The Morgan fingerprint density at radius 3 is 2.27 bits per heavy atom. The first-order valence-corrected chi connectivity index (χ1v) is 13.8. The number of hydrogen-bond acceptors (Lipinski definition) is 9.